The van der Waals surface area contributed by atoms with Crippen molar-refractivity contribution in [1.29, 1.82) is 0 Å². The van der Waals surface area contributed by atoms with E-state index in [1.54, 1.807) is 6.07 Å². The van der Waals surface area contributed by atoms with Gasteiger partial charge in [0.05, 0.1) is 5.56 Å². The van der Waals surface area contributed by atoms with Gasteiger partial charge in [0.2, 0.25) is 0 Å². The smallest absolute Gasteiger partial charge is 0.371 e. The van der Waals surface area contributed by atoms with Crippen molar-refractivity contribution in [2.75, 3.05) is 18.0 Å². The maximum Gasteiger partial charge on any atom is 0.416 e. The lowest BCUT2D eigenvalue weighted by atomic mass is 9.97. The van der Waals surface area contributed by atoms with E-state index in [0.717, 1.165) is 37.7 Å². The number of halogens is 3. The highest BCUT2D eigenvalue weighted by molar-refractivity contribution is 5.55. The number of nitrogens with zero attached hydrogens (tertiary/aromatic N) is 1. The molecule has 0 amide bonds. The van der Waals surface area contributed by atoms with Crippen molar-refractivity contribution in [3.8, 4) is 0 Å². The monoisotopic (exact) mass is 272 g/mol. The SMILES string of the molecule is CC1CCN(c2ccc(C(F)(F)F)cc2CN)CC1. The van der Waals surface area contributed by atoms with Crippen LogP contribution in [0.4, 0.5) is 18.9 Å². The lowest BCUT2D eigenvalue weighted by Crippen LogP contribution is -2.33. The molecule has 0 spiro atoms. The molecule has 0 radical (unpaired) electrons. The normalized spacial score (nSPS) is 17.8. The third-order valence-electron chi connectivity index (χ3n) is 3.75. The van der Waals surface area contributed by atoms with Gasteiger partial charge < -0.3 is 10.6 Å². The molecule has 106 valence electrons. The molecular formula is C14H19F3N2. The van der Waals surface area contributed by atoms with E-state index in [4.69, 9.17) is 5.73 Å². The Morgan fingerprint density at radius 2 is 1.89 bits per heavy atom. The number of benzene rings is 1. The number of piperidine rings is 1. The second kappa shape index (κ2) is 5.41. The van der Waals surface area contributed by atoms with Gasteiger partial charge in [0, 0.05) is 25.3 Å². The first-order chi connectivity index (χ1) is 8.91. The largest absolute Gasteiger partial charge is 0.416 e. The Labute approximate surface area is 111 Å². The molecule has 0 unspecified atom stereocenters. The van der Waals surface area contributed by atoms with Crippen LogP contribution in [0.3, 0.4) is 0 Å². The third kappa shape index (κ3) is 3.21. The molecule has 1 aromatic rings. The minimum absolute atomic E-state index is 0.130. The zero-order valence-electron chi connectivity index (χ0n) is 11.0. The van der Waals surface area contributed by atoms with Gasteiger partial charge in [-0.05, 0) is 42.5 Å². The predicted octanol–water partition coefficient (Wildman–Crippen LogP) is 3.40. The summed E-state index contributed by atoms with van der Waals surface area (Å²) in [5.41, 5.74) is 6.40. The Balaban J connectivity index is 2.26. The van der Waals surface area contributed by atoms with Crippen molar-refractivity contribution >= 4 is 5.69 Å². The highest BCUT2D eigenvalue weighted by Crippen LogP contribution is 2.33. The van der Waals surface area contributed by atoms with E-state index in [0.29, 0.717) is 11.5 Å². The van der Waals surface area contributed by atoms with Crippen LogP contribution in [-0.2, 0) is 12.7 Å². The number of anilines is 1. The van der Waals surface area contributed by atoms with Crippen LogP contribution in [0, 0.1) is 5.92 Å². The highest BCUT2D eigenvalue weighted by atomic mass is 19.4. The lowest BCUT2D eigenvalue weighted by Gasteiger charge is -2.33. The zero-order chi connectivity index (χ0) is 14.0. The minimum atomic E-state index is -4.31. The van der Waals surface area contributed by atoms with E-state index in [1.807, 2.05) is 0 Å². The number of nitrogens with two attached hydrogens (primary N) is 1. The first-order valence-electron chi connectivity index (χ1n) is 6.57. The summed E-state index contributed by atoms with van der Waals surface area (Å²) in [7, 11) is 0. The van der Waals surface area contributed by atoms with Crippen LogP contribution in [-0.4, -0.2) is 13.1 Å². The molecule has 1 aliphatic heterocycles. The third-order valence-corrected chi connectivity index (χ3v) is 3.75. The molecule has 2 rings (SSSR count). The van der Waals surface area contributed by atoms with Crippen molar-refractivity contribution in [1.82, 2.24) is 0 Å². The first-order valence-corrected chi connectivity index (χ1v) is 6.57. The Morgan fingerprint density at radius 3 is 2.42 bits per heavy atom. The molecule has 1 saturated heterocycles. The zero-order valence-corrected chi connectivity index (χ0v) is 11.0. The molecule has 0 bridgehead atoms. The van der Waals surface area contributed by atoms with Gasteiger partial charge in [0.15, 0.2) is 0 Å². The van der Waals surface area contributed by atoms with Crippen molar-refractivity contribution in [3.63, 3.8) is 0 Å². The molecule has 0 saturated carbocycles. The molecule has 1 heterocycles. The van der Waals surface area contributed by atoms with Gasteiger partial charge in [-0.15, -0.1) is 0 Å². The molecule has 1 aliphatic rings. The van der Waals surface area contributed by atoms with Crippen LogP contribution in [0.25, 0.3) is 0 Å². The van der Waals surface area contributed by atoms with Crippen LogP contribution < -0.4 is 10.6 Å². The fourth-order valence-electron chi connectivity index (χ4n) is 2.48. The summed E-state index contributed by atoms with van der Waals surface area (Å²) in [6.45, 7) is 4.11. The number of alkyl halides is 3. The van der Waals surface area contributed by atoms with Gasteiger partial charge in [-0.1, -0.05) is 6.92 Å². The highest BCUT2D eigenvalue weighted by Gasteiger charge is 2.31. The number of hydrogen-bond acceptors (Lipinski definition) is 2. The number of hydrogen-bond donors (Lipinski definition) is 1. The second-order valence-electron chi connectivity index (χ2n) is 5.21. The minimum Gasteiger partial charge on any atom is -0.371 e. The molecule has 1 fully saturated rings. The summed E-state index contributed by atoms with van der Waals surface area (Å²) in [5.74, 6) is 0.687. The molecule has 1 aromatic carbocycles. The average Bonchev–Trinajstić information content (AvgIpc) is 2.38. The summed E-state index contributed by atoms with van der Waals surface area (Å²) < 4.78 is 38.0. The maximum atomic E-state index is 12.7. The molecule has 2 nitrogen and oxygen atoms in total. The summed E-state index contributed by atoms with van der Waals surface area (Å²) in [6, 6.07) is 3.88. The topological polar surface area (TPSA) is 29.3 Å². The van der Waals surface area contributed by atoms with Gasteiger partial charge >= 0.3 is 6.18 Å². The van der Waals surface area contributed by atoms with Gasteiger partial charge in [0.25, 0.3) is 0 Å². The Morgan fingerprint density at radius 1 is 1.26 bits per heavy atom. The summed E-state index contributed by atoms with van der Waals surface area (Å²) in [6.07, 6.45) is -2.16. The Kier molecular flexibility index (Phi) is 4.04. The van der Waals surface area contributed by atoms with Crippen LogP contribution in [0.15, 0.2) is 18.2 Å². The lowest BCUT2D eigenvalue weighted by molar-refractivity contribution is -0.137. The van der Waals surface area contributed by atoms with E-state index in [9.17, 15) is 13.2 Å². The van der Waals surface area contributed by atoms with E-state index in [2.05, 4.69) is 11.8 Å². The standard InChI is InChI=1S/C14H19F3N2/c1-10-4-6-19(7-5-10)13-3-2-12(14(15,16)17)8-11(13)9-18/h2-3,8,10H,4-7,9,18H2,1H3. The van der Waals surface area contributed by atoms with Gasteiger partial charge in [-0.25, -0.2) is 0 Å². The Hall–Kier alpha value is -1.23. The fraction of sp³-hybridized carbons (Fsp3) is 0.571. The molecule has 0 atom stereocenters. The second-order valence-corrected chi connectivity index (χ2v) is 5.21. The van der Waals surface area contributed by atoms with Crippen molar-refractivity contribution < 1.29 is 13.2 Å². The van der Waals surface area contributed by atoms with Gasteiger partial charge in [-0.3, -0.25) is 0 Å². The fourth-order valence-corrected chi connectivity index (χ4v) is 2.48. The van der Waals surface area contributed by atoms with E-state index >= 15 is 0 Å². The summed E-state index contributed by atoms with van der Waals surface area (Å²) >= 11 is 0. The van der Waals surface area contributed by atoms with Crippen molar-refractivity contribution in [2.24, 2.45) is 11.7 Å². The van der Waals surface area contributed by atoms with Crippen LogP contribution >= 0.6 is 0 Å². The molecular weight excluding hydrogens is 253 g/mol. The summed E-state index contributed by atoms with van der Waals surface area (Å²) in [5, 5.41) is 0. The average molecular weight is 272 g/mol. The quantitative estimate of drug-likeness (QED) is 0.894. The molecule has 5 heteroatoms. The molecule has 19 heavy (non-hydrogen) atoms. The first kappa shape index (κ1) is 14.2. The molecule has 2 N–H and O–H groups in total. The molecule has 0 aliphatic carbocycles. The van der Waals surface area contributed by atoms with Crippen molar-refractivity contribution in [2.45, 2.75) is 32.5 Å². The van der Waals surface area contributed by atoms with E-state index in [-0.39, 0.29) is 6.54 Å². The van der Waals surface area contributed by atoms with Crippen LogP contribution in [0.1, 0.15) is 30.9 Å². The predicted molar refractivity (Wildman–Crippen MR) is 69.9 cm³/mol. The van der Waals surface area contributed by atoms with E-state index in [1.165, 1.54) is 6.07 Å². The number of rotatable bonds is 2. The van der Waals surface area contributed by atoms with Crippen LogP contribution in [0.5, 0.6) is 0 Å². The molecule has 0 aromatic heterocycles. The van der Waals surface area contributed by atoms with Gasteiger partial charge in [0.1, 0.15) is 0 Å². The van der Waals surface area contributed by atoms with E-state index < -0.39 is 11.7 Å². The summed E-state index contributed by atoms with van der Waals surface area (Å²) in [4.78, 5) is 2.14. The van der Waals surface area contributed by atoms with Crippen LogP contribution in [0.2, 0.25) is 0 Å². The maximum absolute atomic E-state index is 12.7. The van der Waals surface area contributed by atoms with Gasteiger partial charge in [-0.2, -0.15) is 13.2 Å². The van der Waals surface area contributed by atoms with Crippen molar-refractivity contribution in [3.05, 3.63) is 29.3 Å². The Bertz CT molecular complexity index is 435.